The molecule has 0 aliphatic carbocycles. The maximum absolute atomic E-state index is 13.3. The molecular formula is C24H26FN5O2. The molecule has 0 atom stereocenters. The number of hydrogen-bond donors (Lipinski definition) is 3. The van der Waals surface area contributed by atoms with Gasteiger partial charge in [0, 0.05) is 17.7 Å². The largest absolute Gasteiger partial charge is 0.477 e. The van der Waals surface area contributed by atoms with Crippen LogP contribution in [0, 0.1) is 5.82 Å². The minimum absolute atomic E-state index is 0.209. The number of carbonyl (C=O) groups excluding carboxylic acids is 1. The number of benzene rings is 2. The molecule has 7 nitrogen and oxygen atoms in total. The van der Waals surface area contributed by atoms with Gasteiger partial charge in [0.05, 0.1) is 17.5 Å². The first-order valence-corrected chi connectivity index (χ1v) is 10.3. The summed E-state index contributed by atoms with van der Waals surface area (Å²) in [6.45, 7) is 2.78. The van der Waals surface area contributed by atoms with E-state index >= 15 is 0 Å². The van der Waals surface area contributed by atoms with Crippen molar-refractivity contribution in [2.24, 2.45) is 11.5 Å². The number of aromatic nitrogens is 2. The molecule has 0 bridgehead atoms. The lowest BCUT2D eigenvalue weighted by atomic mass is 10.1. The van der Waals surface area contributed by atoms with E-state index in [1.165, 1.54) is 24.5 Å². The predicted octanol–water partition coefficient (Wildman–Crippen LogP) is 3.66. The lowest BCUT2D eigenvalue weighted by Gasteiger charge is -2.11. The zero-order valence-electron chi connectivity index (χ0n) is 17.8. The minimum atomic E-state index is -0.341. The van der Waals surface area contributed by atoms with E-state index in [0.29, 0.717) is 53.3 Å². The first kappa shape index (κ1) is 22.7. The molecule has 3 rings (SSSR count). The third kappa shape index (κ3) is 5.60. The quantitative estimate of drug-likeness (QED) is 0.349. The Morgan fingerprint density at radius 1 is 1.16 bits per heavy atom. The Labute approximate surface area is 186 Å². The Hall–Kier alpha value is -3.94. The van der Waals surface area contributed by atoms with E-state index in [1.54, 1.807) is 36.4 Å². The standard InChI is InChI=1S/C24H26FN5O2/c1-2-32-24-20-10-7-18(23(31)28-13-3-4-16(15-27)11-12-26)14-21(20)29-22(30-24)17-5-8-19(25)9-6-17/h5-12,14-15H,2-4,13,26-27H2,1H3,(H,28,31)/b12-11-,16-15-. The van der Waals surface area contributed by atoms with E-state index in [4.69, 9.17) is 16.2 Å². The molecule has 3 aromatic rings. The molecule has 1 heterocycles. The van der Waals surface area contributed by atoms with Gasteiger partial charge >= 0.3 is 0 Å². The summed E-state index contributed by atoms with van der Waals surface area (Å²) in [6, 6.07) is 11.1. The smallest absolute Gasteiger partial charge is 0.251 e. The second kappa shape index (κ2) is 10.9. The fourth-order valence-electron chi connectivity index (χ4n) is 3.16. The van der Waals surface area contributed by atoms with Crippen LogP contribution in [0.3, 0.4) is 0 Å². The molecule has 0 aliphatic heterocycles. The summed E-state index contributed by atoms with van der Waals surface area (Å²) >= 11 is 0. The minimum Gasteiger partial charge on any atom is -0.477 e. The molecule has 2 aromatic carbocycles. The number of ether oxygens (including phenoxy) is 1. The molecular weight excluding hydrogens is 409 g/mol. The molecule has 1 amide bonds. The van der Waals surface area contributed by atoms with E-state index in [0.717, 1.165) is 12.0 Å². The molecule has 1 aromatic heterocycles. The van der Waals surface area contributed by atoms with Crippen LogP contribution in [-0.2, 0) is 0 Å². The Balaban J connectivity index is 1.81. The maximum atomic E-state index is 13.3. The average Bonchev–Trinajstić information content (AvgIpc) is 2.81. The monoisotopic (exact) mass is 435 g/mol. The van der Waals surface area contributed by atoms with Crippen LogP contribution in [0.15, 0.2) is 66.5 Å². The van der Waals surface area contributed by atoms with Crippen LogP contribution in [0.25, 0.3) is 22.3 Å². The number of nitrogens with one attached hydrogen (secondary N) is 1. The molecule has 32 heavy (non-hydrogen) atoms. The number of carbonyl (C=O) groups is 1. The average molecular weight is 436 g/mol. The summed E-state index contributed by atoms with van der Waals surface area (Å²) in [5.41, 5.74) is 13.5. The molecule has 0 saturated carbocycles. The van der Waals surface area contributed by atoms with Crippen LogP contribution in [0.2, 0.25) is 0 Å². The normalized spacial score (nSPS) is 11.8. The lowest BCUT2D eigenvalue weighted by Crippen LogP contribution is -2.24. The number of halogens is 1. The van der Waals surface area contributed by atoms with E-state index in [1.807, 2.05) is 6.92 Å². The highest BCUT2D eigenvalue weighted by atomic mass is 19.1. The van der Waals surface area contributed by atoms with Crippen molar-refractivity contribution in [3.63, 3.8) is 0 Å². The Morgan fingerprint density at radius 3 is 2.62 bits per heavy atom. The van der Waals surface area contributed by atoms with Crippen LogP contribution in [-0.4, -0.2) is 29.0 Å². The second-order valence-electron chi connectivity index (χ2n) is 6.98. The highest BCUT2D eigenvalue weighted by Crippen LogP contribution is 2.27. The van der Waals surface area contributed by atoms with E-state index in [-0.39, 0.29) is 11.7 Å². The molecule has 0 aliphatic rings. The van der Waals surface area contributed by atoms with Gasteiger partial charge in [0.15, 0.2) is 5.82 Å². The molecule has 0 spiro atoms. The highest BCUT2D eigenvalue weighted by Gasteiger charge is 2.13. The second-order valence-corrected chi connectivity index (χ2v) is 6.98. The number of hydrogen-bond acceptors (Lipinski definition) is 6. The first-order valence-electron chi connectivity index (χ1n) is 10.3. The highest BCUT2D eigenvalue weighted by molar-refractivity contribution is 5.98. The summed E-state index contributed by atoms with van der Waals surface area (Å²) < 4.78 is 19.0. The maximum Gasteiger partial charge on any atom is 0.251 e. The van der Waals surface area contributed by atoms with Gasteiger partial charge in [-0.2, -0.15) is 4.98 Å². The zero-order valence-corrected chi connectivity index (χ0v) is 17.8. The number of allylic oxidation sites excluding steroid dienone is 2. The van der Waals surface area contributed by atoms with Crippen LogP contribution in [0.5, 0.6) is 5.88 Å². The van der Waals surface area contributed by atoms with Crippen molar-refractivity contribution in [1.29, 1.82) is 0 Å². The van der Waals surface area contributed by atoms with E-state index in [2.05, 4.69) is 15.3 Å². The van der Waals surface area contributed by atoms with Crippen molar-refractivity contribution < 1.29 is 13.9 Å². The topological polar surface area (TPSA) is 116 Å². The first-order chi connectivity index (χ1) is 15.5. The number of rotatable bonds is 9. The van der Waals surface area contributed by atoms with Crippen molar-refractivity contribution >= 4 is 16.8 Å². The summed E-state index contributed by atoms with van der Waals surface area (Å²) in [7, 11) is 0. The number of nitrogens with zero attached hydrogens (tertiary/aromatic N) is 2. The van der Waals surface area contributed by atoms with Crippen molar-refractivity contribution in [1.82, 2.24) is 15.3 Å². The van der Waals surface area contributed by atoms with Gasteiger partial charge in [0.25, 0.3) is 5.91 Å². The molecule has 0 saturated heterocycles. The van der Waals surface area contributed by atoms with Gasteiger partial charge in [0.1, 0.15) is 5.82 Å². The van der Waals surface area contributed by atoms with Crippen molar-refractivity contribution in [3.05, 3.63) is 77.9 Å². The van der Waals surface area contributed by atoms with Crippen LogP contribution in [0.4, 0.5) is 4.39 Å². The third-order valence-corrected chi connectivity index (χ3v) is 4.76. The van der Waals surface area contributed by atoms with Crippen molar-refractivity contribution in [2.75, 3.05) is 13.2 Å². The number of amides is 1. The molecule has 166 valence electrons. The van der Waals surface area contributed by atoms with E-state index in [9.17, 15) is 9.18 Å². The summed E-state index contributed by atoms with van der Waals surface area (Å²) in [5.74, 6) is 0.261. The van der Waals surface area contributed by atoms with Gasteiger partial charge in [-0.1, -0.05) is 0 Å². The fourth-order valence-corrected chi connectivity index (χ4v) is 3.16. The van der Waals surface area contributed by atoms with Gasteiger partial charge in [-0.15, -0.1) is 0 Å². The van der Waals surface area contributed by atoms with Gasteiger partial charge in [-0.05, 0) is 86.3 Å². The van der Waals surface area contributed by atoms with Crippen molar-refractivity contribution in [3.8, 4) is 17.3 Å². The van der Waals surface area contributed by atoms with Gasteiger partial charge < -0.3 is 21.5 Å². The number of nitrogens with two attached hydrogens (primary N) is 2. The lowest BCUT2D eigenvalue weighted by molar-refractivity contribution is 0.0953. The molecule has 0 fully saturated rings. The van der Waals surface area contributed by atoms with E-state index < -0.39 is 0 Å². The molecule has 0 unspecified atom stereocenters. The number of fused-ring (bicyclic) bond motifs is 1. The zero-order chi connectivity index (χ0) is 22.9. The Bertz CT molecular complexity index is 1140. The van der Waals surface area contributed by atoms with Crippen molar-refractivity contribution in [2.45, 2.75) is 19.8 Å². The molecule has 8 heteroatoms. The fraction of sp³-hybridized carbons (Fsp3) is 0.208. The summed E-state index contributed by atoms with van der Waals surface area (Å²) in [6.07, 6.45) is 6.10. The Kier molecular flexibility index (Phi) is 7.75. The predicted molar refractivity (Wildman–Crippen MR) is 123 cm³/mol. The third-order valence-electron chi connectivity index (χ3n) is 4.76. The SMILES string of the molecule is CCOc1nc(-c2ccc(F)cc2)nc2cc(C(=O)NCCCC(/C=C\N)=C/N)ccc12. The van der Waals surface area contributed by atoms with Gasteiger partial charge in [-0.25, -0.2) is 9.37 Å². The Morgan fingerprint density at radius 2 is 1.94 bits per heavy atom. The summed E-state index contributed by atoms with van der Waals surface area (Å²) in [4.78, 5) is 21.7. The summed E-state index contributed by atoms with van der Waals surface area (Å²) in [5, 5.41) is 3.59. The van der Waals surface area contributed by atoms with Crippen LogP contribution < -0.4 is 21.5 Å². The molecule has 0 radical (unpaired) electrons. The van der Waals surface area contributed by atoms with Crippen LogP contribution in [0.1, 0.15) is 30.1 Å². The van der Waals surface area contributed by atoms with Gasteiger partial charge in [0.2, 0.25) is 5.88 Å². The molecule has 5 N–H and O–H groups in total. The van der Waals surface area contributed by atoms with Crippen LogP contribution >= 0.6 is 0 Å². The van der Waals surface area contributed by atoms with Gasteiger partial charge in [-0.3, -0.25) is 4.79 Å².